The van der Waals surface area contributed by atoms with Crippen molar-refractivity contribution in [3.63, 3.8) is 0 Å². The number of halogens is 1. The monoisotopic (exact) mass is 253 g/mol. The molecule has 1 aromatic rings. The Kier molecular flexibility index (Phi) is 3.87. The molecule has 94 valence electrons. The van der Waals surface area contributed by atoms with Crippen molar-refractivity contribution in [2.24, 2.45) is 0 Å². The standard InChI is InChI=1S/C13H20ClN3/c1-4-8-17(5-2)13-9(3)11(14)15-12(16-13)10-6-7-10/h10H,4-8H2,1-3H3. The molecule has 0 aliphatic heterocycles. The van der Waals surface area contributed by atoms with Crippen LogP contribution in [-0.2, 0) is 0 Å². The molecule has 3 nitrogen and oxygen atoms in total. The fraction of sp³-hybridized carbons (Fsp3) is 0.692. The average Bonchev–Trinajstić information content (AvgIpc) is 3.14. The van der Waals surface area contributed by atoms with Gasteiger partial charge in [-0.2, -0.15) is 0 Å². The summed E-state index contributed by atoms with van der Waals surface area (Å²) in [5, 5.41) is 0.617. The smallest absolute Gasteiger partial charge is 0.137 e. The highest BCUT2D eigenvalue weighted by atomic mass is 35.5. The molecule has 0 atom stereocenters. The molecule has 1 aromatic heterocycles. The van der Waals surface area contributed by atoms with Crippen molar-refractivity contribution in [2.45, 2.75) is 46.0 Å². The predicted molar refractivity (Wildman–Crippen MR) is 71.9 cm³/mol. The Morgan fingerprint density at radius 2 is 2.00 bits per heavy atom. The number of nitrogens with zero attached hydrogens (tertiary/aromatic N) is 3. The maximum Gasteiger partial charge on any atom is 0.137 e. The first-order chi connectivity index (χ1) is 8.17. The summed E-state index contributed by atoms with van der Waals surface area (Å²) in [6, 6.07) is 0. The summed E-state index contributed by atoms with van der Waals surface area (Å²) >= 11 is 6.21. The Morgan fingerprint density at radius 1 is 1.29 bits per heavy atom. The normalized spacial score (nSPS) is 15.1. The van der Waals surface area contributed by atoms with Gasteiger partial charge >= 0.3 is 0 Å². The van der Waals surface area contributed by atoms with E-state index in [2.05, 4.69) is 23.7 Å². The van der Waals surface area contributed by atoms with Crippen LogP contribution < -0.4 is 4.90 Å². The van der Waals surface area contributed by atoms with Crippen molar-refractivity contribution in [3.8, 4) is 0 Å². The van der Waals surface area contributed by atoms with Gasteiger partial charge in [-0.05, 0) is 33.1 Å². The third-order valence-electron chi connectivity index (χ3n) is 3.20. The van der Waals surface area contributed by atoms with Gasteiger partial charge in [0.1, 0.15) is 16.8 Å². The number of aromatic nitrogens is 2. The summed E-state index contributed by atoms with van der Waals surface area (Å²) in [5.41, 5.74) is 1.01. The van der Waals surface area contributed by atoms with Crippen LogP contribution in [0.5, 0.6) is 0 Å². The maximum atomic E-state index is 6.21. The fourth-order valence-corrected chi connectivity index (χ4v) is 2.18. The summed E-state index contributed by atoms with van der Waals surface area (Å²) in [4.78, 5) is 11.4. The van der Waals surface area contributed by atoms with Crippen LogP contribution in [0.4, 0.5) is 5.82 Å². The zero-order chi connectivity index (χ0) is 12.4. The second-order valence-corrected chi connectivity index (χ2v) is 5.03. The summed E-state index contributed by atoms with van der Waals surface area (Å²) < 4.78 is 0. The lowest BCUT2D eigenvalue weighted by Crippen LogP contribution is -2.26. The molecule has 0 saturated heterocycles. The molecule has 2 rings (SSSR count). The molecule has 1 saturated carbocycles. The SMILES string of the molecule is CCCN(CC)c1nc(C2CC2)nc(Cl)c1C. The average molecular weight is 254 g/mol. The lowest BCUT2D eigenvalue weighted by molar-refractivity contribution is 0.762. The van der Waals surface area contributed by atoms with Crippen LogP contribution in [0.15, 0.2) is 0 Å². The van der Waals surface area contributed by atoms with Gasteiger partial charge in [-0.1, -0.05) is 18.5 Å². The van der Waals surface area contributed by atoms with Gasteiger partial charge in [-0.25, -0.2) is 9.97 Å². The summed E-state index contributed by atoms with van der Waals surface area (Å²) in [5.74, 6) is 2.51. The van der Waals surface area contributed by atoms with Gasteiger partial charge < -0.3 is 4.90 Å². The minimum Gasteiger partial charge on any atom is -0.357 e. The summed E-state index contributed by atoms with van der Waals surface area (Å²) in [7, 11) is 0. The molecule has 0 spiro atoms. The number of rotatable bonds is 5. The van der Waals surface area contributed by atoms with Crippen LogP contribution in [-0.4, -0.2) is 23.1 Å². The highest BCUT2D eigenvalue weighted by Gasteiger charge is 2.28. The van der Waals surface area contributed by atoms with Crippen LogP contribution in [0.25, 0.3) is 0 Å². The molecular formula is C13H20ClN3. The zero-order valence-corrected chi connectivity index (χ0v) is 11.6. The quantitative estimate of drug-likeness (QED) is 0.752. The molecule has 17 heavy (non-hydrogen) atoms. The van der Waals surface area contributed by atoms with E-state index in [0.29, 0.717) is 11.1 Å². The second-order valence-electron chi connectivity index (χ2n) is 4.68. The highest BCUT2D eigenvalue weighted by Crippen LogP contribution is 2.39. The van der Waals surface area contributed by atoms with E-state index in [1.165, 1.54) is 12.8 Å². The van der Waals surface area contributed by atoms with Gasteiger partial charge in [0.15, 0.2) is 0 Å². The van der Waals surface area contributed by atoms with Crippen molar-refractivity contribution in [3.05, 3.63) is 16.5 Å². The predicted octanol–water partition coefficient (Wildman–Crippen LogP) is 3.55. The molecule has 4 heteroatoms. The highest BCUT2D eigenvalue weighted by molar-refractivity contribution is 6.30. The van der Waals surface area contributed by atoms with Gasteiger partial charge in [0.25, 0.3) is 0 Å². The molecule has 0 radical (unpaired) electrons. The Balaban J connectivity index is 2.35. The second kappa shape index (κ2) is 5.21. The third kappa shape index (κ3) is 2.71. The Morgan fingerprint density at radius 3 is 2.53 bits per heavy atom. The lowest BCUT2D eigenvalue weighted by Gasteiger charge is -2.23. The molecular weight excluding hydrogens is 234 g/mol. The van der Waals surface area contributed by atoms with Crippen molar-refractivity contribution in [1.29, 1.82) is 0 Å². The molecule has 1 fully saturated rings. The molecule has 1 aliphatic carbocycles. The van der Waals surface area contributed by atoms with Gasteiger partial charge in [0.05, 0.1) is 0 Å². The van der Waals surface area contributed by atoms with Crippen molar-refractivity contribution in [2.75, 3.05) is 18.0 Å². The molecule has 0 bridgehead atoms. The zero-order valence-electron chi connectivity index (χ0n) is 10.8. The van der Waals surface area contributed by atoms with E-state index in [-0.39, 0.29) is 0 Å². The first-order valence-corrected chi connectivity index (χ1v) is 6.84. The number of anilines is 1. The lowest BCUT2D eigenvalue weighted by atomic mass is 10.2. The van der Waals surface area contributed by atoms with E-state index >= 15 is 0 Å². The van der Waals surface area contributed by atoms with Gasteiger partial charge in [0.2, 0.25) is 0 Å². The topological polar surface area (TPSA) is 29.0 Å². The van der Waals surface area contributed by atoms with Crippen molar-refractivity contribution >= 4 is 17.4 Å². The van der Waals surface area contributed by atoms with Gasteiger partial charge in [-0.3, -0.25) is 0 Å². The number of hydrogen-bond acceptors (Lipinski definition) is 3. The van der Waals surface area contributed by atoms with E-state index in [1.807, 2.05) is 6.92 Å². The van der Waals surface area contributed by atoms with Crippen LogP contribution in [0.1, 0.15) is 50.4 Å². The Hall–Kier alpha value is -0.830. The molecule has 0 aromatic carbocycles. The van der Waals surface area contributed by atoms with Gasteiger partial charge in [0, 0.05) is 24.6 Å². The van der Waals surface area contributed by atoms with E-state index in [1.54, 1.807) is 0 Å². The van der Waals surface area contributed by atoms with Gasteiger partial charge in [-0.15, -0.1) is 0 Å². The Labute approximate surface area is 108 Å². The molecule has 0 amide bonds. The van der Waals surface area contributed by atoms with Crippen LogP contribution >= 0.6 is 11.6 Å². The van der Waals surface area contributed by atoms with Crippen molar-refractivity contribution < 1.29 is 0 Å². The van der Waals surface area contributed by atoms with Crippen LogP contribution in [0, 0.1) is 6.92 Å². The molecule has 0 unspecified atom stereocenters. The first-order valence-electron chi connectivity index (χ1n) is 6.46. The maximum absolute atomic E-state index is 6.21. The van der Waals surface area contributed by atoms with E-state index in [0.717, 1.165) is 36.7 Å². The van der Waals surface area contributed by atoms with Crippen LogP contribution in [0.2, 0.25) is 5.15 Å². The first kappa shape index (κ1) is 12.6. The fourth-order valence-electron chi connectivity index (χ4n) is 2.01. The summed E-state index contributed by atoms with van der Waals surface area (Å²) in [6.07, 6.45) is 3.53. The van der Waals surface area contributed by atoms with Crippen molar-refractivity contribution in [1.82, 2.24) is 9.97 Å². The largest absolute Gasteiger partial charge is 0.357 e. The number of hydrogen-bond donors (Lipinski definition) is 0. The third-order valence-corrected chi connectivity index (χ3v) is 3.56. The van der Waals surface area contributed by atoms with E-state index in [9.17, 15) is 0 Å². The van der Waals surface area contributed by atoms with E-state index in [4.69, 9.17) is 16.6 Å². The minimum absolute atomic E-state index is 0.548. The Bertz CT molecular complexity index is 402. The minimum atomic E-state index is 0.548. The molecule has 1 heterocycles. The van der Waals surface area contributed by atoms with Crippen LogP contribution in [0.3, 0.4) is 0 Å². The molecule has 1 aliphatic rings. The summed E-state index contributed by atoms with van der Waals surface area (Å²) in [6.45, 7) is 8.33. The molecule has 0 N–H and O–H groups in total. The van der Waals surface area contributed by atoms with E-state index < -0.39 is 0 Å².